The van der Waals surface area contributed by atoms with Gasteiger partial charge in [0.05, 0.1) is 0 Å². The van der Waals surface area contributed by atoms with Crippen molar-refractivity contribution in [3.8, 4) is 0 Å². The van der Waals surface area contributed by atoms with Crippen LogP contribution in [0, 0.1) is 11.6 Å². The Morgan fingerprint density at radius 3 is 2.23 bits per heavy atom. The van der Waals surface area contributed by atoms with Gasteiger partial charge in [-0.2, -0.15) is 0 Å². The minimum absolute atomic E-state index is 0.468. The maximum atomic E-state index is 13.5. The molecule has 126 valence electrons. The summed E-state index contributed by atoms with van der Waals surface area (Å²) in [5.41, 5.74) is 0.561. The fourth-order valence-electron chi connectivity index (χ4n) is 2.40. The van der Waals surface area contributed by atoms with E-state index in [0.29, 0.717) is 25.2 Å². The average Bonchev–Trinajstić information content (AvgIpc) is 2.49. The minimum Gasteiger partial charge on any atom is -0.377 e. The van der Waals surface area contributed by atoms with Crippen LogP contribution in [-0.2, 0) is 19.7 Å². The predicted octanol–water partition coefficient (Wildman–Crippen LogP) is 4.34. The maximum absolute atomic E-state index is 13.5. The molecule has 0 aliphatic carbocycles. The zero-order valence-electron chi connectivity index (χ0n) is 13.7. The highest BCUT2D eigenvalue weighted by Crippen LogP contribution is 2.20. The second-order valence-electron chi connectivity index (χ2n) is 5.05. The van der Waals surface area contributed by atoms with Crippen molar-refractivity contribution in [2.45, 2.75) is 45.6 Å². The van der Waals surface area contributed by atoms with Gasteiger partial charge in [-0.3, -0.25) is 0 Å². The highest BCUT2D eigenvalue weighted by molar-refractivity contribution is 6.60. The van der Waals surface area contributed by atoms with Gasteiger partial charge in [0.2, 0.25) is 0 Å². The average molecular weight is 332 g/mol. The van der Waals surface area contributed by atoms with Crippen LogP contribution >= 0.6 is 0 Å². The second-order valence-corrected chi connectivity index (χ2v) is 7.90. The van der Waals surface area contributed by atoms with Crippen LogP contribution < -0.4 is 0 Å². The molecule has 0 radical (unpaired) electrons. The third-order valence-corrected chi connectivity index (χ3v) is 6.53. The van der Waals surface area contributed by atoms with Gasteiger partial charge in [-0.05, 0) is 44.7 Å². The molecule has 0 aliphatic heterocycles. The number of benzene rings is 1. The topological polar surface area (TPSA) is 27.7 Å². The Labute approximate surface area is 133 Å². The highest BCUT2D eigenvalue weighted by atomic mass is 28.4. The van der Waals surface area contributed by atoms with Gasteiger partial charge >= 0.3 is 8.80 Å². The summed E-state index contributed by atoms with van der Waals surface area (Å²) >= 11 is 0. The lowest BCUT2D eigenvalue weighted by Gasteiger charge is -2.27. The van der Waals surface area contributed by atoms with E-state index < -0.39 is 20.4 Å². The molecule has 6 heteroatoms. The summed E-state index contributed by atoms with van der Waals surface area (Å²) in [5, 5.41) is 0. The number of unbranched alkanes of at least 4 members (excludes halogenated alkanes) is 2. The van der Waals surface area contributed by atoms with Crippen LogP contribution in [0.15, 0.2) is 18.2 Å². The third kappa shape index (κ3) is 6.12. The molecule has 0 saturated heterocycles. The standard InChI is InChI=1S/C16H26F2O3Si/c1-4-20-22(19-3,21-5-2)12-8-6-7-9-14-10-11-15(17)13-16(14)18/h10-11,13H,4-9,12H2,1-3H3. The van der Waals surface area contributed by atoms with E-state index in [1.54, 1.807) is 7.11 Å². The van der Waals surface area contributed by atoms with Gasteiger partial charge in [0, 0.05) is 32.4 Å². The molecule has 0 heterocycles. The molecular formula is C16H26F2O3Si. The van der Waals surface area contributed by atoms with Crippen molar-refractivity contribution in [2.24, 2.45) is 0 Å². The van der Waals surface area contributed by atoms with Crippen molar-refractivity contribution in [3.05, 3.63) is 35.4 Å². The van der Waals surface area contributed by atoms with Gasteiger partial charge < -0.3 is 13.3 Å². The van der Waals surface area contributed by atoms with Crippen molar-refractivity contribution < 1.29 is 22.1 Å². The Morgan fingerprint density at radius 1 is 1.00 bits per heavy atom. The lowest BCUT2D eigenvalue weighted by Crippen LogP contribution is -2.44. The van der Waals surface area contributed by atoms with Crippen molar-refractivity contribution in [3.63, 3.8) is 0 Å². The van der Waals surface area contributed by atoms with Crippen LogP contribution in [0.1, 0.15) is 38.7 Å². The maximum Gasteiger partial charge on any atom is 0.500 e. The Kier molecular flexibility index (Phi) is 8.78. The summed E-state index contributed by atoms with van der Waals surface area (Å²) in [6.07, 6.45) is 3.28. The fourth-order valence-corrected chi connectivity index (χ4v) is 4.78. The Balaban J connectivity index is 2.36. The molecule has 1 aromatic carbocycles. The van der Waals surface area contributed by atoms with Gasteiger partial charge in [-0.1, -0.05) is 12.5 Å². The molecule has 0 saturated carbocycles. The molecule has 1 aromatic rings. The van der Waals surface area contributed by atoms with Crippen molar-refractivity contribution in [2.75, 3.05) is 20.3 Å². The van der Waals surface area contributed by atoms with E-state index in [9.17, 15) is 8.78 Å². The summed E-state index contributed by atoms with van der Waals surface area (Å²) < 4.78 is 43.3. The normalized spacial score (nSPS) is 11.9. The lowest BCUT2D eigenvalue weighted by molar-refractivity contribution is 0.0859. The summed E-state index contributed by atoms with van der Waals surface area (Å²) in [4.78, 5) is 0. The SMILES string of the molecule is CCO[Si](CCCCCc1ccc(F)cc1F)(OC)OCC. The smallest absolute Gasteiger partial charge is 0.377 e. The molecule has 0 bridgehead atoms. The second kappa shape index (κ2) is 10.0. The van der Waals surface area contributed by atoms with E-state index >= 15 is 0 Å². The fraction of sp³-hybridized carbons (Fsp3) is 0.625. The van der Waals surface area contributed by atoms with E-state index in [1.165, 1.54) is 12.1 Å². The first-order valence-electron chi connectivity index (χ1n) is 7.84. The van der Waals surface area contributed by atoms with E-state index in [4.69, 9.17) is 13.3 Å². The summed E-state index contributed by atoms with van der Waals surface area (Å²) in [6, 6.07) is 4.50. The number of halogens is 2. The third-order valence-electron chi connectivity index (χ3n) is 3.48. The molecule has 1 rings (SSSR count). The molecule has 0 N–H and O–H groups in total. The molecule has 0 aliphatic rings. The molecule has 0 aromatic heterocycles. The molecule has 0 spiro atoms. The largest absolute Gasteiger partial charge is 0.500 e. The predicted molar refractivity (Wildman–Crippen MR) is 84.7 cm³/mol. The van der Waals surface area contributed by atoms with E-state index in [1.807, 2.05) is 13.8 Å². The summed E-state index contributed by atoms with van der Waals surface area (Å²) in [7, 11) is -0.910. The number of hydrogen-bond donors (Lipinski definition) is 0. The Bertz CT molecular complexity index is 437. The Hall–Kier alpha value is -0.823. The molecule has 0 atom stereocenters. The van der Waals surface area contributed by atoms with E-state index in [-0.39, 0.29) is 0 Å². The van der Waals surface area contributed by atoms with Crippen molar-refractivity contribution >= 4 is 8.80 Å². The van der Waals surface area contributed by atoms with Crippen molar-refractivity contribution in [1.29, 1.82) is 0 Å². The molecule has 0 fully saturated rings. The minimum atomic E-state index is -2.54. The first kappa shape index (κ1) is 19.2. The Morgan fingerprint density at radius 2 is 1.68 bits per heavy atom. The summed E-state index contributed by atoms with van der Waals surface area (Å²) in [5.74, 6) is -1.00. The van der Waals surface area contributed by atoms with Gasteiger partial charge in [0.1, 0.15) is 11.6 Å². The first-order valence-corrected chi connectivity index (χ1v) is 9.77. The van der Waals surface area contributed by atoms with Crippen LogP contribution in [0.4, 0.5) is 8.78 Å². The van der Waals surface area contributed by atoms with Crippen LogP contribution in [-0.4, -0.2) is 29.1 Å². The van der Waals surface area contributed by atoms with Gasteiger partial charge in [0.25, 0.3) is 0 Å². The highest BCUT2D eigenvalue weighted by Gasteiger charge is 2.38. The lowest BCUT2D eigenvalue weighted by atomic mass is 10.1. The quantitative estimate of drug-likeness (QED) is 0.446. The van der Waals surface area contributed by atoms with Gasteiger partial charge in [0.15, 0.2) is 0 Å². The van der Waals surface area contributed by atoms with Crippen LogP contribution in [0.2, 0.25) is 6.04 Å². The monoisotopic (exact) mass is 332 g/mol. The van der Waals surface area contributed by atoms with Crippen molar-refractivity contribution in [1.82, 2.24) is 0 Å². The van der Waals surface area contributed by atoms with Crippen LogP contribution in [0.5, 0.6) is 0 Å². The molecule has 3 nitrogen and oxygen atoms in total. The van der Waals surface area contributed by atoms with E-state index in [2.05, 4.69) is 0 Å². The number of rotatable bonds is 11. The van der Waals surface area contributed by atoms with Gasteiger partial charge in [-0.15, -0.1) is 0 Å². The molecular weight excluding hydrogens is 306 g/mol. The molecule has 0 amide bonds. The van der Waals surface area contributed by atoms with Crippen LogP contribution in [0.25, 0.3) is 0 Å². The van der Waals surface area contributed by atoms with Crippen LogP contribution in [0.3, 0.4) is 0 Å². The summed E-state index contributed by atoms with van der Waals surface area (Å²) in [6.45, 7) is 5.00. The first-order chi connectivity index (χ1) is 10.6. The zero-order valence-corrected chi connectivity index (χ0v) is 14.7. The molecule has 22 heavy (non-hydrogen) atoms. The number of hydrogen-bond acceptors (Lipinski definition) is 3. The zero-order chi connectivity index (χ0) is 16.4. The van der Waals surface area contributed by atoms with Gasteiger partial charge in [-0.25, -0.2) is 8.78 Å². The van der Waals surface area contributed by atoms with E-state index in [0.717, 1.165) is 31.4 Å². The number of aryl methyl sites for hydroxylation is 1. The molecule has 0 unspecified atom stereocenters.